The maximum atomic E-state index is 15.4. The van der Waals surface area contributed by atoms with E-state index in [0.717, 1.165) is 0 Å². The quantitative estimate of drug-likeness (QED) is 0.481. The number of ether oxygens (including phenoxy) is 3. The van der Waals surface area contributed by atoms with E-state index in [1.165, 1.54) is 37.5 Å². The summed E-state index contributed by atoms with van der Waals surface area (Å²) in [5, 5.41) is 2.89. The van der Waals surface area contributed by atoms with Gasteiger partial charge in [0.1, 0.15) is 22.8 Å². The molecule has 0 spiro atoms. The Bertz CT molecular complexity index is 1100. The summed E-state index contributed by atoms with van der Waals surface area (Å²) < 4.78 is 30.5. The monoisotopic (exact) mass is 501 g/mol. The molecule has 0 aromatic heterocycles. The third kappa shape index (κ3) is 6.24. The number of rotatable bonds is 5. The van der Waals surface area contributed by atoms with Crippen LogP contribution in [0.1, 0.15) is 33.6 Å². The van der Waals surface area contributed by atoms with Gasteiger partial charge in [-0.15, -0.1) is 0 Å². The van der Waals surface area contributed by atoms with Crippen LogP contribution < -0.4 is 15.1 Å². The van der Waals surface area contributed by atoms with E-state index in [-0.39, 0.29) is 23.0 Å². The smallest absolute Gasteiger partial charge is 0.407 e. The summed E-state index contributed by atoms with van der Waals surface area (Å²) in [5.74, 6) is -2.16. The number of anilines is 2. The van der Waals surface area contributed by atoms with Gasteiger partial charge in [-0.25, -0.2) is 18.8 Å². The van der Waals surface area contributed by atoms with E-state index in [1.807, 2.05) is 4.90 Å². The van der Waals surface area contributed by atoms with Gasteiger partial charge in [-0.1, -0.05) is 12.1 Å². The second-order valence-corrected chi connectivity index (χ2v) is 9.33. The molecule has 1 fully saturated rings. The average Bonchev–Trinajstić information content (AvgIpc) is 3.05. The molecule has 2 heterocycles. The van der Waals surface area contributed by atoms with Crippen LogP contribution in [-0.2, 0) is 23.8 Å². The normalized spacial score (nSPS) is 16.5. The van der Waals surface area contributed by atoms with Crippen LogP contribution in [0.4, 0.5) is 20.6 Å². The molecule has 194 valence electrons. The minimum Gasteiger partial charge on any atom is -0.465 e. The van der Waals surface area contributed by atoms with Gasteiger partial charge in [0.2, 0.25) is 0 Å². The third-order valence-corrected chi connectivity index (χ3v) is 5.65. The minimum atomic E-state index is -0.818. The summed E-state index contributed by atoms with van der Waals surface area (Å²) in [5.41, 5.74) is -0.197. The van der Waals surface area contributed by atoms with Gasteiger partial charge in [0.05, 0.1) is 25.5 Å². The van der Waals surface area contributed by atoms with E-state index in [2.05, 4.69) is 5.32 Å². The number of hydrogen-bond acceptors (Lipinski definition) is 8. The fraction of sp³-hybridized carbons (Fsp3) is 0.423. The molecule has 0 unspecified atom stereocenters. The van der Waals surface area contributed by atoms with Crippen molar-refractivity contribution >= 4 is 29.4 Å². The molecular weight excluding hydrogens is 469 g/mol. The number of carbonyl (C=O) groups is 3. The molecule has 10 heteroatoms. The van der Waals surface area contributed by atoms with Crippen molar-refractivity contribution in [1.82, 2.24) is 5.32 Å². The molecule has 2 aliphatic rings. The number of piperidine rings is 1. The van der Waals surface area contributed by atoms with Crippen molar-refractivity contribution in [2.45, 2.75) is 45.3 Å². The van der Waals surface area contributed by atoms with Gasteiger partial charge in [-0.3, -0.25) is 0 Å². The lowest BCUT2D eigenvalue weighted by Gasteiger charge is -2.37. The number of carbonyl (C=O) groups excluding carboxylic acids is 3. The number of nitrogens with zero attached hydrogens (tertiary/aromatic N) is 2. The first-order valence-corrected chi connectivity index (χ1v) is 11.6. The molecule has 36 heavy (non-hydrogen) atoms. The van der Waals surface area contributed by atoms with Gasteiger partial charge in [0.25, 0.3) is 0 Å². The second kappa shape index (κ2) is 11.3. The molecule has 2 aliphatic heterocycles. The predicted octanol–water partition coefficient (Wildman–Crippen LogP) is 3.81. The van der Waals surface area contributed by atoms with Crippen LogP contribution in [0.15, 0.2) is 53.9 Å². The van der Waals surface area contributed by atoms with Crippen LogP contribution in [0.3, 0.4) is 0 Å². The van der Waals surface area contributed by atoms with Gasteiger partial charge >= 0.3 is 18.0 Å². The van der Waals surface area contributed by atoms with Crippen LogP contribution in [0.5, 0.6) is 0 Å². The molecule has 1 saturated heterocycles. The standard InChI is InChI=1S/C26H32FN3O6/c1-26(2,3)36-25(33)28-17-12-15-29(16-13-17)20-11-8-10-19(27)22(20)30-14-7-6-9-18(23(31)34-4)21(30)24(32)35-5/h6-11,14,17H,12-13,15-16H2,1-5H3,(H,28,33). The van der Waals surface area contributed by atoms with Crippen molar-refractivity contribution in [3.05, 3.63) is 59.7 Å². The van der Waals surface area contributed by atoms with Gasteiger partial charge < -0.3 is 29.3 Å². The molecule has 0 saturated carbocycles. The van der Waals surface area contributed by atoms with Gasteiger partial charge in [-0.05, 0) is 57.9 Å². The van der Waals surface area contributed by atoms with Crippen LogP contribution in [-0.4, -0.2) is 57.0 Å². The number of allylic oxidation sites excluding steroid dienone is 2. The molecule has 1 N–H and O–H groups in total. The number of alkyl carbamates (subject to hydrolysis) is 1. The van der Waals surface area contributed by atoms with Crippen LogP contribution in [0, 0.1) is 5.82 Å². The average molecular weight is 502 g/mol. The number of halogens is 1. The highest BCUT2D eigenvalue weighted by atomic mass is 19.1. The van der Waals surface area contributed by atoms with Crippen LogP contribution in [0.2, 0.25) is 0 Å². The number of para-hydroxylation sites is 1. The highest BCUT2D eigenvalue weighted by Gasteiger charge is 2.32. The lowest BCUT2D eigenvalue weighted by molar-refractivity contribution is -0.139. The number of benzene rings is 1. The summed E-state index contributed by atoms with van der Waals surface area (Å²) in [6.07, 6.45) is 6.81. The largest absolute Gasteiger partial charge is 0.465 e. The summed E-state index contributed by atoms with van der Waals surface area (Å²) in [4.78, 5) is 40.7. The Morgan fingerprint density at radius 2 is 1.69 bits per heavy atom. The first kappa shape index (κ1) is 26.8. The number of methoxy groups -OCH3 is 2. The number of amides is 1. The van der Waals surface area contributed by atoms with Crippen molar-refractivity contribution in [3.63, 3.8) is 0 Å². The molecule has 1 aromatic rings. The highest BCUT2D eigenvalue weighted by Crippen LogP contribution is 2.38. The fourth-order valence-electron chi connectivity index (χ4n) is 4.07. The van der Waals surface area contributed by atoms with E-state index in [9.17, 15) is 14.4 Å². The predicted molar refractivity (Wildman–Crippen MR) is 133 cm³/mol. The lowest BCUT2D eigenvalue weighted by Crippen LogP contribution is -2.46. The highest BCUT2D eigenvalue weighted by molar-refractivity contribution is 6.06. The number of hydrogen-bond donors (Lipinski definition) is 1. The first-order valence-electron chi connectivity index (χ1n) is 11.6. The molecule has 0 atom stereocenters. The van der Waals surface area contributed by atoms with E-state index in [0.29, 0.717) is 31.6 Å². The van der Waals surface area contributed by atoms with Crippen molar-refractivity contribution < 1.29 is 33.0 Å². The SMILES string of the molecule is COC(=O)C1=C(C(=O)OC)N(c2c(F)cccc2N2CCC(NC(=O)OC(C)(C)C)CC2)C=CC=C1. The molecule has 1 amide bonds. The Hall–Kier alpha value is -3.82. The van der Waals surface area contributed by atoms with E-state index >= 15 is 4.39 Å². The summed E-state index contributed by atoms with van der Waals surface area (Å²) in [6, 6.07) is 4.53. The van der Waals surface area contributed by atoms with Crippen molar-refractivity contribution in [2.24, 2.45) is 0 Å². The maximum absolute atomic E-state index is 15.4. The first-order chi connectivity index (χ1) is 17.1. The van der Waals surface area contributed by atoms with E-state index in [1.54, 1.807) is 45.1 Å². The Labute approximate surface area is 210 Å². The summed E-state index contributed by atoms with van der Waals surface area (Å²) in [6.45, 7) is 6.45. The zero-order chi connectivity index (χ0) is 26.5. The lowest BCUT2D eigenvalue weighted by atomic mass is 10.0. The number of esters is 2. The van der Waals surface area contributed by atoms with Crippen molar-refractivity contribution in [2.75, 3.05) is 37.1 Å². The van der Waals surface area contributed by atoms with E-state index < -0.39 is 29.5 Å². The molecule has 9 nitrogen and oxygen atoms in total. The second-order valence-electron chi connectivity index (χ2n) is 9.33. The Morgan fingerprint density at radius 1 is 1.03 bits per heavy atom. The van der Waals surface area contributed by atoms with Gasteiger partial charge in [-0.2, -0.15) is 0 Å². The van der Waals surface area contributed by atoms with Crippen LogP contribution >= 0.6 is 0 Å². The molecule has 3 rings (SSSR count). The minimum absolute atomic E-state index is 0.0659. The Balaban J connectivity index is 1.92. The van der Waals surface area contributed by atoms with Crippen molar-refractivity contribution in [3.8, 4) is 0 Å². The molecule has 1 aromatic carbocycles. The van der Waals surface area contributed by atoms with Crippen LogP contribution in [0.25, 0.3) is 0 Å². The Kier molecular flexibility index (Phi) is 8.39. The van der Waals surface area contributed by atoms with E-state index in [4.69, 9.17) is 14.2 Å². The Morgan fingerprint density at radius 3 is 2.31 bits per heavy atom. The fourth-order valence-corrected chi connectivity index (χ4v) is 4.07. The van der Waals surface area contributed by atoms with Gasteiger partial charge in [0, 0.05) is 25.3 Å². The third-order valence-electron chi connectivity index (χ3n) is 5.65. The molecule has 0 radical (unpaired) electrons. The topological polar surface area (TPSA) is 97.4 Å². The van der Waals surface area contributed by atoms with Crippen molar-refractivity contribution in [1.29, 1.82) is 0 Å². The zero-order valence-electron chi connectivity index (χ0n) is 21.2. The molecule has 0 bridgehead atoms. The summed E-state index contributed by atoms with van der Waals surface area (Å²) >= 11 is 0. The summed E-state index contributed by atoms with van der Waals surface area (Å²) in [7, 11) is 2.39. The molecular formula is C26H32FN3O6. The maximum Gasteiger partial charge on any atom is 0.407 e. The number of nitrogens with one attached hydrogen (secondary N) is 1. The molecule has 0 aliphatic carbocycles. The zero-order valence-corrected chi connectivity index (χ0v) is 21.2. The van der Waals surface area contributed by atoms with Gasteiger partial charge in [0.15, 0.2) is 0 Å².